The van der Waals surface area contributed by atoms with E-state index in [2.05, 4.69) is 52.5 Å². The lowest BCUT2D eigenvalue weighted by atomic mass is 10.2. The van der Waals surface area contributed by atoms with Gasteiger partial charge in [-0.15, -0.1) is 0 Å². The maximum atomic E-state index is 4.26. The molecule has 0 saturated carbocycles. The quantitative estimate of drug-likeness (QED) is 0.814. The smallest absolute Gasteiger partial charge is 0.150 e. The molecule has 4 nitrogen and oxygen atoms in total. The summed E-state index contributed by atoms with van der Waals surface area (Å²) in [6.07, 6.45) is 1.54. The Morgan fingerprint density at radius 3 is 2.63 bits per heavy atom. The first-order chi connectivity index (χ1) is 9.13. The Balaban J connectivity index is 2.33. The van der Waals surface area contributed by atoms with Crippen molar-refractivity contribution < 1.29 is 0 Å². The molecule has 0 amide bonds. The molecule has 0 aliphatic carbocycles. The van der Waals surface area contributed by atoms with Crippen molar-refractivity contribution in [3.8, 4) is 0 Å². The molecule has 0 atom stereocenters. The van der Waals surface area contributed by atoms with Crippen LogP contribution in [0.25, 0.3) is 0 Å². The van der Waals surface area contributed by atoms with Crippen LogP contribution in [0.1, 0.15) is 12.5 Å². The van der Waals surface area contributed by atoms with Crippen molar-refractivity contribution in [2.24, 2.45) is 0 Å². The van der Waals surface area contributed by atoms with E-state index in [4.69, 9.17) is 0 Å². The summed E-state index contributed by atoms with van der Waals surface area (Å²) in [6.45, 7) is 4.89. The van der Waals surface area contributed by atoms with Crippen LogP contribution in [0.4, 0.5) is 17.3 Å². The van der Waals surface area contributed by atoms with Gasteiger partial charge >= 0.3 is 0 Å². The fraction of sp³-hybridized carbons (Fsp3) is 0.231. The van der Waals surface area contributed by atoms with Crippen LogP contribution in [0, 0.1) is 6.92 Å². The van der Waals surface area contributed by atoms with E-state index in [1.807, 2.05) is 32.0 Å². The maximum absolute atomic E-state index is 4.26. The standard InChI is InChI=1S/C13H14Br2N4/c1-3-16-12-11(15)13(18-7-17-12)19-10-6-4-5-9(14)8(10)2/h4-7H,3H2,1-2H3,(H2,16,17,18,19). The molecular weight excluding hydrogens is 372 g/mol. The van der Waals surface area contributed by atoms with Crippen LogP contribution < -0.4 is 10.6 Å². The van der Waals surface area contributed by atoms with E-state index in [9.17, 15) is 0 Å². The minimum absolute atomic E-state index is 0.743. The Hall–Kier alpha value is -1.14. The monoisotopic (exact) mass is 384 g/mol. The predicted molar refractivity (Wildman–Crippen MR) is 86.1 cm³/mol. The zero-order chi connectivity index (χ0) is 13.8. The average molecular weight is 386 g/mol. The number of rotatable bonds is 4. The highest BCUT2D eigenvalue weighted by Gasteiger charge is 2.09. The molecule has 0 aliphatic rings. The topological polar surface area (TPSA) is 49.8 Å². The van der Waals surface area contributed by atoms with E-state index in [-0.39, 0.29) is 0 Å². The second kappa shape index (κ2) is 6.34. The van der Waals surface area contributed by atoms with E-state index in [0.717, 1.165) is 38.4 Å². The SMILES string of the molecule is CCNc1ncnc(Nc2cccc(Br)c2C)c1Br. The highest BCUT2D eigenvalue weighted by molar-refractivity contribution is 9.11. The first kappa shape index (κ1) is 14.3. The molecule has 0 fully saturated rings. The molecule has 19 heavy (non-hydrogen) atoms. The van der Waals surface area contributed by atoms with E-state index < -0.39 is 0 Å². The third-order valence-electron chi connectivity index (χ3n) is 2.65. The molecule has 2 rings (SSSR count). The third kappa shape index (κ3) is 3.25. The van der Waals surface area contributed by atoms with Crippen molar-refractivity contribution in [1.82, 2.24) is 9.97 Å². The lowest BCUT2D eigenvalue weighted by Gasteiger charge is -2.13. The first-order valence-electron chi connectivity index (χ1n) is 5.90. The minimum atomic E-state index is 0.743. The van der Waals surface area contributed by atoms with Gasteiger partial charge in [-0.2, -0.15) is 0 Å². The Bertz CT molecular complexity index is 587. The van der Waals surface area contributed by atoms with Gasteiger partial charge in [0.15, 0.2) is 0 Å². The second-order valence-corrected chi connectivity index (χ2v) is 5.60. The number of hydrogen-bond donors (Lipinski definition) is 2. The largest absolute Gasteiger partial charge is 0.369 e. The summed E-state index contributed by atoms with van der Waals surface area (Å²) >= 11 is 7.04. The van der Waals surface area contributed by atoms with Crippen molar-refractivity contribution in [2.75, 3.05) is 17.2 Å². The van der Waals surface area contributed by atoms with E-state index >= 15 is 0 Å². The van der Waals surface area contributed by atoms with Gasteiger partial charge in [0.25, 0.3) is 0 Å². The molecule has 0 aliphatic heterocycles. The Morgan fingerprint density at radius 1 is 1.16 bits per heavy atom. The Kier molecular flexibility index (Phi) is 4.76. The van der Waals surface area contributed by atoms with E-state index in [0.29, 0.717) is 0 Å². The van der Waals surface area contributed by atoms with Crippen LogP contribution in [0.5, 0.6) is 0 Å². The molecular formula is C13H14Br2N4. The Morgan fingerprint density at radius 2 is 1.89 bits per heavy atom. The molecule has 0 unspecified atom stereocenters. The zero-order valence-electron chi connectivity index (χ0n) is 10.7. The zero-order valence-corrected chi connectivity index (χ0v) is 13.8. The summed E-state index contributed by atoms with van der Waals surface area (Å²) in [5, 5.41) is 6.49. The van der Waals surface area contributed by atoms with Gasteiger partial charge < -0.3 is 10.6 Å². The van der Waals surface area contributed by atoms with Gasteiger partial charge in [-0.3, -0.25) is 0 Å². The number of anilines is 3. The Labute approximate surface area is 129 Å². The lowest BCUT2D eigenvalue weighted by Crippen LogP contribution is -2.04. The van der Waals surface area contributed by atoms with Gasteiger partial charge in [0.2, 0.25) is 0 Å². The molecule has 100 valence electrons. The highest BCUT2D eigenvalue weighted by atomic mass is 79.9. The fourth-order valence-electron chi connectivity index (χ4n) is 1.62. The molecule has 2 aromatic rings. The van der Waals surface area contributed by atoms with Gasteiger partial charge in [0.1, 0.15) is 22.4 Å². The molecule has 1 aromatic heterocycles. The van der Waals surface area contributed by atoms with Gasteiger partial charge in [-0.25, -0.2) is 9.97 Å². The van der Waals surface area contributed by atoms with E-state index in [1.54, 1.807) is 6.33 Å². The number of benzene rings is 1. The number of hydrogen-bond acceptors (Lipinski definition) is 4. The van der Waals surface area contributed by atoms with Crippen LogP contribution in [0.2, 0.25) is 0 Å². The molecule has 2 N–H and O–H groups in total. The van der Waals surface area contributed by atoms with Crippen molar-refractivity contribution in [1.29, 1.82) is 0 Å². The van der Waals surface area contributed by atoms with E-state index in [1.165, 1.54) is 0 Å². The number of halogens is 2. The lowest BCUT2D eigenvalue weighted by molar-refractivity contribution is 1.10. The molecule has 0 radical (unpaired) electrons. The summed E-state index contributed by atoms with van der Waals surface area (Å²) in [5.74, 6) is 1.53. The number of aromatic nitrogens is 2. The summed E-state index contributed by atoms with van der Waals surface area (Å²) in [6, 6.07) is 6.01. The van der Waals surface area contributed by atoms with Crippen LogP contribution in [-0.2, 0) is 0 Å². The second-order valence-electron chi connectivity index (χ2n) is 3.95. The predicted octanol–water partition coefficient (Wildman–Crippen LogP) is 4.49. The van der Waals surface area contributed by atoms with Crippen LogP contribution in [-0.4, -0.2) is 16.5 Å². The maximum Gasteiger partial charge on any atom is 0.150 e. The normalized spacial score (nSPS) is 10.3. The first-order valence-corrected chi connectivity index (χ1v) is 7.48. The molecule has 0 spiro atoms. The average Bonchev–Trinajstić information content (AvgIpc) is 2.40. The van der Waals surface area contributed by atoms with Crippen molar-refractivity contribution in [3.63, 3.8) is 0 Å². The number of nitrogens with zero attached hydrogens (tertiary/aromatic N) is 2. The van der Waals surface area contributed by atoms with Crippen LogP contribution >= 0.6 is 31.9 Å². The highest BCUT2D eigenvalue weighted by Crippen LogP contribution is 2.31. The molecule has 1 aromatic carbocycles. The van der Waals surface area contributed by atoms with Gasteiger partial charge in [-0.1, -0.05) is 22.0 Å². The molecule has 6 heteroatoms. The van der Waals surface area contributed by atoms with Crippen molar-refractivity contribution in [3.05, 3.63) is 39.0 Å². The van der Waals surface area contributed by atoms with Crippen molar-refractivity contribution in [2.45, 2.75) is 13.8 Å². The minimum Gasteiger partial charge on any atom is -0.369 e. The van der Waals surface area contributed by atoms with Crippen LogP contribution in [0.3, 0.4) is 0 Å². The fourth-order valence-corrected chi connectivity index (χ4v) is 2.43. The molecule has 1 heterocycles. The summed E-state index contributed by atoms with van der Waals surface area (Å²) < 4.78 is 1.89. The third-order valence-corrected chi connectivity index (χ3v) is 4.26. The summed E-state index contributed by atoms with van der Waals surface area (Å²) in [5.41, 5.74) is 2.15. The molecule has 0 bridgehead atoms. The van der Waals surface area contributed by atoms with Gasteiger partial charge in [0.05, 0.1) is 0 Å². The van der Waals surface area contributed by atoms with Crippen LogP contribution in [0.15, 0.2) is 33.5 Å². The van der Waals surface area contributed by atoms with Gasteiger partial charge in [0, 0.05) is 16.7 Å². The summed E-state index contributed by atoms with van der Waals surface area (Å²) in [4.78, 5) is 8.45. The van der Waals surface area contributed by atoms with Gasteiger partial charge in [-0.05, 0) is 47.5 Å². The number of nitrogens with one attached hydrogen (secondary N) is 2. The van der Waals surface area contributed by atoms with Crippen molar-refractivity contribution >= 4 is 49.2 Å². The molecule has 0 saturated heterocycles. The summed E-state index contributed by atoms with van der Waals surface area (Å²) in [7, 11) is 0.